The van der Waals surface area contributed by atoms with Gasteiger partial charge in [-0.15, -0.1) is 0 Å². The first-order valence-electron chi connectivity index (χ1n) is 6.05. The molecular weight excluding hydrogens is 265 g/mol. The van der Waals surface area contributed by atoms with Crippen LogP contribution in [0.2, 0.25) is 0 Å². The molecule has 0 saturated carbocycles. The molecule has 106 valence electrons. The van der Waals surface area contributed by atoms with Crippen molar-refractivity contribution in [2.75, 3.05) is 45.7 Å². The molecule has 0 aliphatic rings. The summed E-state index contributed by atoms with van der Waals surface area (Å²) < 4.78 is 18.6. The molecule has 0 spiro atoms. The van der Waals surface area contributed by atoms with Crippen molar-refractivity contribution in [2.24, 2.45) is 5.73 Å². The van der Waals surface area contributed by atoms with E-state index in [-0.39, 0.29) is 10.6 Å². The summed E-state index contributed by atoms with van der Waals surface area (Å²) in [5, 5.41) is 3.15. The van der Waals surface area contributed by atoms with Crippen LogP contribution in [0.5, 0.6) is 0 Å². The van der Waals surface area contributed by atoms with Crippen molar-refractivity contribution < 1.29 is 9.13 Å². The molecule has 19 heavy (non-hydrogen) atoms. The van der Waals surface area contributed by atoms with E-state index in [1.807, 2.05) is 7.05 Å². The Morgan fingerprint density at radius 1 is 1.47 bits per heavy atom. The van der Waals surface area contributed by atoms with Crippen LogP contribution >= 0.6 is 12.2 Å². The smallest absolute Gasteiger partial charge is 0.135 e. The van der Waals surface area contributed by atoms with Gasteiger partial charge in [-0.1, -0.05) is 12.2 Å². The number of hydrogen-bond acceptors (Lipinski definition) is 4. The highest BCUT2D eigenvalue weighted by atomic mass is 32.1. The molecule has 0 heterocycles. The zero-order valence-electron chi connectivity index (χ0n) is 11.3. The number of methoxy groups -OCH3 is 1. The molecule has 0 radical (unpaired) electrons. The molecule has 0 bridgehead atoms. The van der Waals surface area contributed by atoms with Crippen molar-refractivity contribution in [1.29, 1.82) is 0 Å². The molecule has 0 aliphatic heterocycles. The number of nitrogens with two attached hydrogens (primary N) is 1. The number of likely N-dealkylation sites (N-methyl/N-ethyl adjacent to an activating group) is 1. The van der Waals surface area contributed by atoms with Crippen molar-refractivity contribution in [2.45, 2.75) is 0 Å². The Labute approximate surface area is 118 Å². The van der Waals surface area contributed by atoms with Crippen LogP contribution in [0.1, 0.15) is 5.56 Å². The number of ether oxygens (including phenoxy) is 1. The number of nitrogens with one attached hydrogen (secondary N) is 1. The SMILES string of the molecule is COCCN(C)CCNc1ccc(C(N)=S)c(F)c1. The fourth-order valence-electron chi connectivity index (χ4n) is 1.57. The van der Waals surface area contributed by atoms with E-state index in [0.29, 0.717) is 6.61 Å². The number of benzene rings is 1. The van der Waals surface area contributed by atoms with E-state index in [0.717, 1.165) is 25.3 Å². The van der Waals surface area contributed by atoms with Gasteiger partial charge in [-0.25, -0.2) is 4.39 Å². The Bertz CT molecular complexity index is 428. The third kappa shape index (κ3) is 5.50. The van der Waals surface area contributed by atoms with Crippen molar-refractivity contribution in [3.05, 3.63) is 29.6 Å². The number of thiocarbonyl (C=S) groups is 1. The highest BCUT2D eigenvalue weighted by molar-refractivity contribution is 7.80. The largest absolute Gasteiger partial charge is 0.389 e. The first kappa shape index (κ1) is 15.8. The molecule has 0 amide bonds. The van der Waals surface area contributed by atoms with E-state index >= 15 is 0 Å². The monoisotopic (exact) mass is 285 g/mol. The maximum absolute atomic E-state index is 13.6. The summed E-state index contributed by atoms with van der Waals surface area (Å²) in [7, 11) is 3.69. The highest BCUT2D eigenvalue weighted by Gasteiger charge is 2.05. The minimum Gasteiger partial charge on any atom is -0.389 e. The standard InChI is InChI=1S/C13H20FN3OS/c1-17(7-8-18-2)6-5-16-10-3-4-11(13(15)19)12(14)9-10/h3-4,9,16H,5-8H2,1-2H3,(H2,15,19). The minimum atomic E-state index is -0.398. The Hall–Kier alpha value is -1.24. The predicted octanol–water partition coefficient (Wildman–Crippen LogP) is 1.45. The van der Waals surface area contributed by atoms with Gasteiger partial charge in [0.05, 0.1) is 6.61 Å². The molecule has 0 atom stereocenters. The Balaban J connectivity index is 2.42. The molecule has 0 aromatic heterocycles. The summed E-state index contributed by atoms with van der Waals surface area (Å²) in [4.78, 5) is 2.21. The summed E-state index contributed by atoms with van der Waals surface area (Å²) in [6.45, 7) is 3.15. The zero-order chi connectivity index (χ0) is 14.3. The van der Waals surface area contributed by atoms with Gasteiger partial charge in [-0.2, -0.15) is 0 Å². The van der Waals surface area contributed by atoms with E-state index in [4.69, 9.17) is 22.7 Å². The van der Waals surface area contributed by atoms with Crippen LogP contribution in [-0.4, -0.2) is 50.3 Å². The average Bonchev–Trinajstić information content (AvgIpc) is 2.36. The fourth-order valence-corrected chi connectivity index (χ4v) is 1.74. The molecule has 1 rings (SSSR count). The average molecular weight is 285 g/mol. The summed E-state index contributed by atoms with van der Waals surface area (Å²) in [5.41, 5.74) is 6.40. The molecule has 0 saturated heterocycles. The fraction of sp³-hybridized carbons (Fsp3) is 0.462. The van der Waals surface area contributed by atoms with Gasteiger partial charge in [0.25, 0.3) is 0 Å². The van der Waals surface area contributed by atoms with Gasteiger partial charge >= 0.3 is 0 Å². The van der Waals surface area contributed by atoms with Crippen LogP contribution in [0.25, 0.3) is 0 Å². The number of anilines is 1. The van der Waals surface area contributed by atoms with E-state index in [9.17, 15) is 4.39 Å². The number of nitrogens with zero attached hydrogens (tertiary/aromatic N) is 1. The second-order valence-corrected chi connectivity index (χ2v) is 4.72. The maximum Gasteiger partial charge on any atom is 0.135 e. The van der Waals surface area contributed by atoms with Crippen molar-refractivity contribution in [3.8, 4) is 0 Å². The van der Waals surface area contributed by atoms with Crippen molar-refractivity contribution >= 4 is 22.9 Å². The Morgan fingerprint density at radius 3 is 2.79 bits per heavy atom. The van der Waals surface area contributed by atoms with Gasteiger partial charge in [0, 0.05) is 38.0 Å². The molecule has 1 aromatic carbocycles. The van der Waals surface area contributed by atoms with Crippen LogP contribution in [0.4, 0.5) is 10.1 Å². The first-order chi connectivity index (χ1) is 9.04. The normalized spacial score (nSPS) is 10.7. The molecule has 0 fully saturated rings. The number of hydrogen-bond donors (Lipinski definition) is 2. The van der Waals surface area contributed by atoms with E-state index in [2.05, 4.69) is 10.2 Å². The molecule has 0 unspecified atom stereocenters. The predicted molar refractivity (Wildman–Crippen MR) is 80.2 cm³/mol. The van der Waals surface area contributed by atoms with Crippen molar-refractivity contribution in [1.82, 2.24) is 4.90 Å². The van der Waals surface area contributed by atoms with Crippen LogP contribution < -0.4 is 11.1 Å². The Kier molecular flexibility index (Phi) is 6.69. The van der Waals surface area contributed by atoms with Gasteiger partial charge in [0.1, 0.15) is 10.8 Å². The maximum atomic E-state index is 13.6. The van der Waals surface area contributed by atoms with Gasteiger partial charge in [0.2, 0.25) is 0 Å². The van der Waals surface area contributed by atoms with Crippen LogP contribution in [0.15, 0.2) is 18.2 Å². The summed E-state index contributed by atoms with van der Waals surface area (Å²) in [6, 6.07) is 4.77. The highest BCUT2D eigenvalue weighted by Crippen LogP contribution is 2.14. The lowest BCUT2D eigenvalue weighted by atomic mass is 10.2. The second-order valence-electron chi connectivity index (χ2n) is 4.28. The van der Waals surface area contributed by atoms with Gasteiger partial charge in [-0.3, -0.25) is 0 Å². The summed E-state index contributed by atoms with van der Waals surface area (Å²) in [6.07, 6.45) is 0. The van der Waals surface area contributed by atoms with Gasteiger partial charge in [-0.05, 0) is 25.2 Å². The lowest BCUT2D eigenvalue weighted by molar-refractivity contribution is 0.163. The summed E-state index contributed by atoms with van der Waals surface area (Å²) in [5.74, 6) is -0.398. The minimum absolute atomic E-state index is 0.0725. The zero-order valence-corrected chi connectivity index (χ0v) is 12.1. The van der Waals surface area contributed by atoms with Crippen LogP contribution in [0, 0.1) is 5.82 Å². The lowest BCUT2D eigenvalue weighted by Crippen LogP contribution is -2.28. The number of rotatable bonds is 8. The van der Waals surface area contributed by atoms with Crippen molar-refractivity contribution in [3.63, 3.8) is 0 Å². The molecule has 6 heteroatoms. The van der Waals surface area contributed by atoms with Crippen LogP contribution in [0.3, 0.4) is 0 Å². The quantitative estimate of drug-likeness (QED) is 0.708. The summed E-state index contributed by atoms with van der Waals surface area (Å²) >= 11 is 4.75. The van der Waals surface area contributed by atoms with Gasteiger partial charge < -0.3 is 20.7 Å². The van der Waals surface area contributed by atoms with E-state index in [1.54, 1.807) is 19.2 Å². The molecule has 4 nitrogen and oxygen atoms in total. The lowest BCUT2D eigenvalue weighted by Gasteiger charge is -2.16. The third-order valence-electron chi connectivity index (χ3n) is 2.73. The van der Waals surface area contributed by atoms with E-state index in [1.165, 1.54) is 6.07 Å². The van der Waals surface area contributed by atoms with Gasteiger partial charge in [0.15, 0.2) is 0 Å². The van der Waals surface area contributed by atoms with Crippen LogP contribution in [-0.2, 0) is 4.74 Å². The molecular formula is C13H20FN3OS. The third-order valence-corrected chi connectivity index (χ3v) is 2.95. The first-order valence-corrected chi connectivity index (χ1v) is 6.46. The Morgan fingerprint density at radius 2 is 2.21 bits per heavy atom. The number of halogens is 1. The molecule has 3 N–H and O–H groups in total. The van der Waals surface area contributed by atoms with E-state index < -0.39 is 5.82 Å². The second kappa shape index (κ2) is 8.04. The molecule has 1 aromatic rings. The molecule has 0 aliphatic carbocycles. The topological polar surface area (TPSA) is 50.5 Å².